The second-order valence-corrected chi connectivity index (χ2v) is 23.3. The smallest absolute Gasteiger partial charge is 0.0645 e. The topological polar surface area (TPSA) is 51.8 Å². The highest BCUT2D eigenvalue weighted by Crippen LogP contribution is 2.41. The Morgan fingerprint density at radius 1 is 0.365 bits per heavy atom. The summed E-state index contributed by atoms with van der Waals surface area (Å²) in [5, 5.41) is 6.88. The van der Waals surface area contributed by atoms with Gasteiger partial charge in [-0.05, 0) is 128 Å². The lowest BCUT2D eigenvalue weighted by Crippen LogP contribution is -2.38. The van der Waals surface area contributed by atoms with Crippen LogP contribution in [0.2, 0.25) is 0 Å². The summed E-state index contributed by atoms with van der Waals surface area (Å²) in [5.41, 5.74) is 2.67. The molecular weight excluding hydrogens is 641 g/mol. The zero-order valence-corrected chi connectivity index (χ0v) is 38.7. The molecule has 6 aliphatic rings. The van der Waals surface area contributed by atoms with E-state index < -0.39 is 0 Å². The van der Waals surface area contributed by atoms with E-state index in [1.165, 1.54) is 90.3 Å². The molecule has 5 nitrogen and oxygen atoms in total. The minimum Gasteiger partial charge on any atom is -0.378 e. The maximum absolute atomic E-state index is 5.52. The summed E-state index contributed by atoms with van der Waals surface area (Å²) in [5.74, 6) is 1.93. The average Bonchev–Trinajstić information content (AvgIpc) is 3.74. The molecule has 0 aromatic heterocycles. The van der Waals surface area contributed by atoms with Crippen molar-refractivity contribution in [1.82, 2.24) is 10.6 Å². The van der Waals surface area contributed by atoms with Crippen molar-refractivity contribution in [2.75, 3.05) is 39.5 Å². The van der Waals surface area contributed by atoms with E-state index in [0.717, 1.165) is 37.7 Å². The van der Waals surface area contributed by atoms with Crippen LogP contribution < -0.4 is 10.6 Å². The molecule has 2 N–H and O–H groups in total. The Morgan fingerprint density at radius 2 is 0.788 bits per heavy atom. The van der Waals surface area contributed by atoms with Gasteiger partial charge in [0.15, 0.2) is 0 Å². The van der Waals surface area contributed by atoms with Gasteiger partial charge in [0.2, 0.25) is 0 Å². The van der Waals surface area contributed by atoms with Gasteiger partial charge in [0.05, 0.1) is 18.3 Å². The molecule has 0 radical (unpaired) electrons. The van der Waals surface area contributed by atoms with Crippen LogP contribution in [0, 0.1) is 44.3 Å². The second kappa shape index (κ2) is 21.9. The van der Waals surface area contributed by atoms with Crippen LogP contribution >= 0.6 is 0 Å². The molecule has 5 atom stereocenters. The van der Waals surface area contributed by atoms with E-state index in [2.05, 4.69) is 135 Å². The van der Waals surface area contributed by atoms with Crippen LogP contribution in [0.3, 0.4) is 0 Å². The lowest BCUT2D eigenvalue weighted by atomic mass is 9.69. The molecule has 52 heavy (non-hydrogen) atoms. The first-order chi connectivity index (χ1) is 23.6. The molecule has 5 saturated heterocycles. The first-order valence-electron chi connectivity index (χ1n) is 21.9. The molecule has 0 aromatic carbocycles. The zero-order valence-electron chi connectivity index (χ0n) is 38.7. The van der Waals surface area contributed by atoms with E-state index in [0.29, 0.717) is 50.8 Å². The van der Waals surface area contributed by atoms with Crippen molar-refractivity contribution >= 4 is 0 Å². The highest BCUT2D eigenvalue weighted by molar-refractivity contribution is 4.85. The van der Waals surface area contributed by atoms with Crippen LogP contribution in [0.5, 0.6) is 0 Å². The third-order valence-corrected chi connectivity index (χ3v) is 12.2. The maximum atomic E-state index is 5.52. The normalized spacial score (nSPS) is 28.2. The minimum absolute atomic E-state index is 0.358. The monoisotopic (exact) mass is 737 g/mol. The van der Waals surface area contributed by atoms with Crippen LogP contribution in [-0.4, -0.2) is 63.8 Å². The molecule has 312 valence electrons. The summed E-state index contributed by atoms with van der Waals surface area (Å²) in [6.07, 6.45) is 16.3. The van der Waals surface area contributed by atoms with Crippen molar-refractivity contribution in [2.24, 2.45) is 44.3 Å². The Bertz CT molecular complexity index is 761. The molecule has 0 spiro atoms. The molecule has 1 saturated carbocycles. The fraction of sp³-hybridized carbons (Fsp3) is 1.00. The minimum atomic E-state index is 0.358. The predicted octanol–water partition coefficient (Wildman–Crippen LogP) is 12.5. The molecule has 1 aliphatic carbocycles. The molecule has 5 heterocycles. The number of ether oxygens (including phenoxy) is 3. The second-order valence-electron chi connectivity index (χ2n) is 23.3. The van der Waals surface area contributed by atoms with Gasteiger partial charge < -0.3 is 24.8 Å². The zero-order chi connectivity index (χ0) is 40.0. The number of rotatable bonds is 0. The van der Waals surface area contributed by atoms with Gasteiger partial charge in [0.25, 0.3) is 0 Å². The van der Waals surface area contributed by atoms with Crippen molar-refractivity contribution in [3.63, 3.8) is 0 Å². The van der Waals surface area contributed by atoms with Crippen molar-refractivity contribution in [1.29, 1.82) is 0 Å². The molecular formula is C47H96N2O3. The fourth-order valence-electron chi connectivity index (χ4n) is 7.53. The Labute approximate surface area is 327 Å². The highest BCUT2D eigenvalue weighted by Gasteiger charge is 2.32. The van der Waals surface area contributed by atoms with Crippen LogP contribution in [-0.2, 0) is 14.2 Å². The van der Waals surface area contributed by atoms with Gasteiger partial charge in [-0.2, -0.15) is 0 Å². The van der Waals surface area contributed by atoms with E-state index in [1.807, 2.05) is 0 Å². The Hall–Kier alpha value is -0.200. The lowest BCUT2D eigenvalue weighted by Gasteiger charge is -2.37. The number of hydrogen-bond donors (Lipinski definition) is 2. The predicted molar refractivity (Wildman–Crippen MR) is 228 cm³/mol. The van der Waals surface area contributed by atoms with Gasteiger partial charge in [-0.1, -0.05) is 131 Å². The first-order valence-corrected chi connectivity index (χ1v) is 21.9. The van der Waals surface area contributed by atoms with Gasteiger partial charge >= 0.3 is 0 Å². The third kappa shape index (κ3) is 20.6. The Balaban J connectivity index is 0.000000312. The van der Waals surface area contributed by atoms with Crippen molar-refractivity contribution in [3.05, 3.63) is 0 Å². The van der Waals surface area contributed by atoms with Crippen molar-refractivity contribution in [3.8, 4) is 0 Å². The molecule has 0 unspecified atom stereocenters. The highest BCUT2D eigenvalue weighted by atomic mass is 16.5. The summed E-state index contributed by atoms with van der Waals surface area (Å²) in [7, 11) is 0. The standard InChI is InChI=1S/2C8H17N.2C8H16O.C8H16.C7H14O/c1-8(2,3)7-4-5-9-6-7;3*1-8(2,3)7-5-4-6-9-7;1-8(2,3)7-5-4-6-7;1-7(2,3)6-4-5-8-6/h2*7,9H,4-6H2,1-3H3;2*7H,4-6H2,1-3H3;7H,4-6H2,1-3H3;6H,4-5H2,1-3H3/t4*7-;;6-/m0111.1/s1. The van der Waals surface area contributed by atoms with Crippen LogP contribution in [0.15, 0.2) is 0 Å². The molecule has 0 aromatic rings. The van der Waals surface area contributed by atoms with Gasteiger partial charge in [0, 0.05) is 25.9 Å². The van der Waals surface area contributed by atoms with Crippen LogP contribution in [0.1, 0.15) is 195 Å². The molecule has 6 fully saturated rings. The van der Waals surface area contributed by atoms with E-state index in [4.69, 9.17) is 14.2 Å². The van der Waals surface area contributed by atoms with Crippen molar-refractivity contribution in [2.45, 2.75) is 220 Å². The van der Waals surface area contributed by atoms with E-state index in [-0.39, 0.29) is 0 Å². The van der Waals surface area contributed by atoms with Crippen LogP contribution in [0.4, 0.5) is 0 Å². The van der Waals surface area contributed by atoms with Crippen molar-refractivity contribution < 1.29 is 14.2 Å². The summed E-state index contributed by atoms with van der Waals surface area (Å²) >= 11 is 0. The van der Waals surface area contributed by atoms with Crippen LogP contribution in [0.25, 0.3) is 0 Å². The summed E-state index contributed by atoms with van der Waals surface area (Å²) < 4.78 is 16.3. The summed E-state index contributed by atoms with van der Waals surface area (Å²) in [6.45, 7) is 47.6. The van der Waals surface area contributed by atoms with E-state index in [9.17, 15) is 0 Å². The Morgan fingerprint density at radius 3 is 0.904 bits per heavy atom. The maximum Gasteiger partial charge on any atom is 0.0645 e. The number of nitrogens with one attached hydrogen (secondary N) is 2. The van der Waals surface area contributed by atoms with E-state index >= 15 is 0 Å². The average molecular weight is 737 g/mol. The summed E-state index contributed by atoms with van der Waals surface area (Å²) in [4.78, 5) is 0. The molecule has 0 bridgehead atoms. The summed E-state index contributed by atoms with van der Waals surface area (Å²) in [6, 6.07) is 0.762. The SMILES string of the molecule is CC(C)(C)C1CCC1.CC(C)(C)[C@H]1CCCN1.CC(C)(C)[C@H]1CCCO1.CC(C)(C)[C@H]1CCCO1.CC(C)(C)[C@H]1CCNC1.CC(C)(C)[C@H]1CCO1. The number of hydrogen-bond acceptors (Lipinski definition) is 5. The third-order valence-electron chi connectivity index (χ3n) is 12.2. The molecule has 5 aliphatic heterocycles. The first kappa shape index (κ1) is 49.8. The van der Waals surface area contributed by atoms with Gasteiger partial charge in [-0.25, -0.2) is 0 Å². The fourth-order valence-corrected chi connectivity index (χ4v) is 7.53. The molecule has 0 amide bonds. The van der Waals surface area contributed by atoms with E-state index in [1.54, 1.807) is 0 Å². The van der Waals surface area contributed by atoms with Gasteiger partial charge in [-0.15, -0.1) is 0 Å². The van der Waals surface area contributed by atoms with Gasteiger partial charge in [0.1, 0.15) is 0 Å². The molecule has 6 rings (SSSR count). The largest absolute Gasteiger partial charge is 0.378 e. The molecule has 5 heteroatoms. The van der Waals surface area contributed by atoms with Gasteiger partial charge in [-0.3, -0.25) is 0 Å². The Kier molecular flexibility index (Phi) is 21.0. The lowest BCUT2D eigenvalue weighted by molar-refractivity contribution is -0.109. The quantitative estimate of drug-likeness (QED) is 0.259.